The zero-order chi connectivity index (χ0) is 18.8. The molecule has 0 saturated heterocycles. The molecule has 1 aliphatic heterocycles. The molecule has 0 bridgehead atoms. The Morgan fingerprint density at radius 3 is 2.44 bits per heavy atom. The first-order valence-electron chi connectivity index (χ1n) is 8.27. The zero-order valence-electron chi connectivity index (χ0n) is 15.2. The van der Waals surface area contributed by atoms with Crippen molar-refractivity contribution in [3.05, 3.63) is 48.0 Å². The SMILES string of the molecule is COc1ccc(OC)c(-c2nnc3n2N=C(c2ccccc2OC)CS3)c1. The van der Waals surface area contributed by atoms with Gasteiger partial charge in [0.25, 0.3) is 0 Å². The Bertz CT molecular complexity index is 1020. The highest BCUT2D eigenvalue weighted by Crippen LogP contribution is 2.36. The summed E-state index contributed by atoms with van der Waals surface area (Å²) in [5.41, 5.74) is 2.62. The average molecular weight is 382 g/mol. The molecule has 0 amide bonds. The first kappa shape index (κ1) is 17.4. The van der Waals surface area contributed by atoms with Crippen LogP contribution in [0, 0.1) is 0 Å². The third kappa shape index (κ3) is 3.12. The van der Waals surface area contributed by atoms with Crippen LogP contribution in [0.15, 0.2) is 52.7 Å². The van der Waals surface area contributed by atoms with Gasteiger partial charge in [-0.15, -0.1) is 10.2 Å². The van der Waals surface area contributed by atoms with Gasteiger partial charge in [0.2, 0.25) is 5.16 Å². The fraction of sp³-hybridized carbons (Fsp3) is 0.211. The number of fused-ring (bicyclic) bond motifs is 1. The van der Waals surface area contributed by atoms with E-state index in [0.717, 1.165) is 27.7 Å². The van der Waals surface area contributed by atoms with Gasteiger partial charge >= 0.3 is 0 Å². The summed E-state index contributed by atoms with van der Waals surface area (Å²) < 4.78 is 18.1. The van der Waals surface area contributed by atoms with Crippen molar-refractivity contribution >= 4 is 17.5 Å². The maximum atomic E-state index is 5.50. The monoisotopic (exact) mass is 382 g/mol. The molecule has 0 N–H and O–H groups in total. The lowest BCUT2D eigenvalue weighted by molar-refractivity contribution is 0.404. The summed E-state index contributed by atoms with van der Waals surface area (Å²) in [5, 5.41) is 14.1. The predicted molar refractivity (Wildman–Crippen MR) is 104 cm³/mol. The van der Waals surface area contributed by atoms with E-state index < -0.39 is 0 Å². The molecular weight excluding hydrogens is 364 g/mol. The number of hydrogen-bond donors (Lipinski definition) is 0. The molecule has 27 heavy (non-hydrogen) atoms. The van der Waals surface area contributed by atoms with Gasteiger partial charge in [0.1, 0.15) is 17.2 Å². The molecule has 0 atom stereocenters. The maximum Gasteiger partial charge on any atom is 0.212 e. The Kier molecular flexibility index (Phi) is 4.72. The second-order valence-electron chi connectivity index (χ2n) is 5.72. The molecule has 7 nitrogen and oxygen atoms in total. The molecular formula is C19H18N4O3S. The number of hydrogen-bond acceptors (Lipinski definition) is 7. The molecule has 1 aromatic heterocycles. The normalized spacial score (nSPS) is 12.9. The molecule has 0 fully saturated rings. The number of nitrogens with zero attached hydrogens (tertiary/aromatic N) is 4. The fourth-order valence-electron chi connectivity index (χ4n) is 2.90. The van der Waals surface area contributed by atoms with E-state index in [1.807, 2.05) is 42.5 Å². The summed E-state index contributed by atoms with van der Waals surface area (Å²) in [6.45, 7) is 0. The van der Waals surface area contributed by atoms with Crippen LogP contribution in [0.3, 0.4) is 0 Å². The summed E-state index contributed by atoms with van der Waals surface area (Å²) in [4.78, 5) is 0. The molecule has 0 unspecified atom stereocenters. The van der Waals surface area contributed by atoms with E-state index in [-0.39, 0.29) is 0 Å². The number of thioether (sulfide) groups is 1. The average Bonchev–Trinajstić information content (AvgIpc) is 3.16. The van der Waals surface area contributed by atoms with Crippen molar-refractivity contribution in [2.75, 3.05) is 27.1 Å². The van der Waals surface area contributed by atoms with Gasteiger partial charge in [-0.2, -0.15) is 9.78 Å². The summed E-state index contributed by atoms with van der Waals surface area (Å²) in [6.07, 6.45) is 0. The van der Waals surface area contributed by atoms with Crippen molar-refractivity contribution in [2.24, 2.45) is 5.10 Å². The molecule has 2 aromatic carbocycles. The van der Waals surface area contributed by atoms with E-state index in [1.165, 1.54) is 0 Å². The molecule has 4 rings (SSSR count). The van der Waals surface area contributed by atoms with Crippen LogP contribution in [-0.2, 0) is 0 Å². The van der Waals surface area contributed by atoms with Crippen LogP contribution in [0.25, 0.3) is 11.4 Å². The molecule has 3 aromatic rings. The quantitative estimate of drug-likeness (QED) is 0.674. The Balaban J connectivity index is 1.84. The van der Waals surface area contributed by atoms with Crippen LogP contribution >= 0.6 is 11.8 Å². The summed E-state index contributed by atoms with van der Waals surface area (Å²) in [6, 6.07) is 13.4. The molecule has 8 heteroatoms. The van der Waals surface area contributed by atoms with Gasteiger partial charge in [-0.3, -0.25) is 0 Å². The van der Waals surface area contributed by atoms with Gasteiger partial charge in [0.05, 0.1) is 32.6 Å². The number of para-hydroxylation sites is 1. The lowest BCUT2D eigenvalue weighted by atomic mass is 10.1. The van der Waals surface area contributed by atoms with Crippen LogP contribution < -0.4 is 14.2 Å². The minimum absolute atomic E-state index is 0.598. The van der Waals surface area contributed by atoms with E-state index in [2.05, 4.69) is 10.2 Å². The van der Waals surface area contributed by atoms with Gasteiger partial charge in [0, 0.05) is 11.3 Å². The first-order chi connectivity index (χ1) is 13.2. The smallest absolute Gasteiger partial charge is 0.212 e. The molecule has 0 radical (unpaired) electrons. The highest BCUT2D eigenvalue weighted by molar-refractivity contribution is 7.99. The van der Waals surface area contributed by atoms with Crippen molar-refractivity contribution in [3.8, 4) is 28.6 Å². The van der Waals surface area contributed by atoms with E-state index in [9.17, 15) is 0 Å². The second-order valence-corrected chi connectivity index (χ2v) is 6.66. The topological polar surface area (TPSA) is 70.8 Å². The number of rotatable bonds is 5. The van der Waals surface area contributed by atoms with Crippen LogP contribution in [0.2, 0.25) is 0 Å². The zero-order valence-corrected chi connectivity index (χ0v) is 16.0. The molecule has 138 valence electrons. The highest BCUT2D eigenvalue weighted by atomic mass is 32.2. The van der Waals surface area contributed by atoms with E-state index in [0.29, 0.717) is 23.1 Å². The third-order valence-electron chi connectivity index (χ3n) is 4.24. The van der Waals surface area contributed by atoms with Gasteiger partial charge in [0.15, 0.2) is 5.82 Å². The van der Waals surface area contributed by atoms with Crippen molar-refractivity contribution in [1.29, 1.82) is 0 Å². The summed E-state index contributed by atoms with van der Waals surface area (Å²) >= 11 is 1.58. The van der Waals surface area contributed by atoms with Gasteiger partial charge in [-0.25, -0.2) is 0 Å². The lowest BCUT2D eigenvalue weighted by Gasteiger charge is -2.16. The Morgan fingerprint density at radius 2 is 1.67 bits per heavy atom. The molecule has 1 aliphatic rings. The van der Waals surface area contributed by atoms with Gasteiger partial charge in [-0.1, -0.05) is 23.9 Å². The minimum Gasteiger partial charge on any atom is -0.497 e. The minimum atomic E-state index is 0.598. The number of ether oxygens (including phenoxy) is 3. The Morgan fingerprint density at radius 1 is 0.889 bits per heavy atom. The Hall–Kier alpha value is -3.00. The van der Waals surface area contributed by atoms with Crippen molar-refractivity contribution in [1.82, 2.24) is 14.9 Å². The van der Waals surface area contributed by atoms with Gasteiger partial charge in [-0.05, 0) is 30.3 Å². The van der Waals surface area contributed by atoms with Crippen molar-refractivity contribution in [2.45, 2.75) is 5.16 Å². The van der Waals surface area contributed by atoms with E-state index in [1.54, 1.807) is 37.8 Å². The van der Waals surface area contributed by atoms with Crippen LogP contribution in [-0.4, -0.2) is 47.7 Å². The van der Waals surface area contributed by atoms with E-state index in [4.69, 9.17) is 19.3 Å². The predicted octanol–water partition coefficient (Wildman–Crippen LogP) is 3.33. The highest BCUT2D eigenvalue weighted by Gasteiger charge is 2.24. The van der Waals surface area contributed by atoms with Crippen LogP contribution in [0.1, 0.15) is 5.56 Å². The third-order valence-corrected chi connectivity index (χ3v) is 5.17. The molecule has 0 spiro atoms. The second kappa shape index (κ2) is 7.32. The van der Waals surface area contributed by atoms with E-state index >= 15 is 0 Å². The fourth-order valence-corrected chi connectivity index (χ4v) is 3.73. The van der Waals surface area contributed by atoms with Crippen LogP contribution in [0.4, 0.5) is 0 Å². The number of aromatic nitrogens is 3. The number of methoxy groups -OCH3 is 3. The first-order valence-corrected chi connectivity index (χ1v) is 9.25. The summed E-state index contributed by atoms with van der Waals surface area (Å²) in [5.74, 6) is 3.46. The molecule has 2 heterocycles. The molecule has 0 saturated carbocycles. The van der Waals surface area contributed by atoms with Crippen LogP contribution in [0.5, 0.6) is 17.2 Å². The lowest BCUT2D eigenvalue weighted by Crippen LogP contribution is -2.14. The van der Waals surface area contributed by atoms with Crippen molar-refractivity contribution < 1.29 is 14.2 Å². The maximum absolute atomic E-state index is 5.50. The Labute approximate surface area is 161 Å². The summed E-state index contributed by atoms with van der Waals surface area (Å²) in [7, 11) is 4.90. The van der Waals surface area contributed by atoms with Gasteiger partial charge < -0.3 is 14.2 Å². The molecule has 0 aliphatic carbocycles. The number of benzene rings is 2. The standard InChI is InChI=1S/C19H18N4O3S/c1-24-12-8-9-17(26-3)14(10-12)18-20-21-19-23(18)22-15(11-27-19)13-6-4-5-7-16(13)25-2/h4-10H,11H2,1-3H3. The largest absolute Gasteiger partial charge is 0.497 e. The van der Waals surface area contributed by atoms with Crippen molar-refractivity contribution in [3.63, 3.8) is 0 Å².